The third-order valence-electron chi connectivity index (χ3n) is 2.51. The fourth-order valence-electron chi connectivity index (χ4n) is 1.65. The SMILES string of the molecule is OC1CSSC1Cn1ncc2cncnc21. The van der Waals surface area contributed by atoms with E-state index in [4.69, 9.17) is 0 Å². The zero-order chi connectivity index (χ0) is 11.0. The Labute approximate surface area is 100 Å². The molecule has 0 amide bonds. The minimum atomic E-state index is -0.254. The summed E-state index contributed by atoms with van der Waals surface area (Å²) in [6, 6.07) is 0. The first kappa shape index (κ1) is 10.4. The van der Waals surface area contributed by atoms with Crippen LogP contribution in [0.15, 0.2) is 18.7 Å². The third-order valence-corrected chi connectivity index (χ3v) is 5.39. The Hall–Kier alpha value is -0.790. The quantitative estimate of drug-likeness (QED) is 0.805. The van der Waals surface area contributed by atoms with Gasteiger partial charge in [0.1, 0.15) is 6.33 Å². The highest BCUT2D eigenvalue weighted by molar-refractivity contribution is 8.77. The van der Waals surface area contributed by atoms with Gasteiger partial charge in [-0.1, -0.05) is 21.6 Å². The van der Waals surface area contributed by atoms with E-state index in [-0.39, 0.29) is 11.4 Å². The van der Waals surface area contributed by atoms with Crippen molar-refractivity contribution >= 4 is 32.6 Å². The summed E-state index contributed by atoms with van der Waals surface area (Å²) in [7, 11) is 3.43. The molecule has 1 saturated heterocycles. The number of hydrogen-bond acceptors (Lipinski definition) is 6. The van der Waals surface area contributed by atoms with Crippen molar-refractivity contribution in [3.05, 3.63) is 18.7 Å². The van der Waals surface area contributed by atoms with Crippen LogP contribution in [0.4, 0.5) is 0 Å². The van der Waals surface area contributed by atoms with E-state index < -0.39 is 0 Å². The predicted molar refractivity (Wildman–Crippen MR) is 65.2 cm³/mol. The molecule has 0 aromatic carbocycles. The van der Waals surface area contributed by atoms with Crippen LogP contribution in [-0.2, 0) is 6.54 Å². The fourth-order valence-corrected chi connectivity index (χ4v) is 4.57. The number of aliphatic hydroxyl groups excluding tert-OH is 1. The van der Waals surface area contributed by atoms with Gasteiger partial charge in [0, 0.05) is 11.9 Å². The Morgan fingerprint density at radius 1 is 1.50 bits per heavy atom. The van der Waals surface area contributed by atoms with E-state index in [1.165, 1.54) is 6.33 Å². The van der Waals surface area contributed by atoms with Gasteiger partial charge in [-0.25, -0.2) is 14.6 Å². The van der Waals surface area contributed by atoms with Crippen molar-refractivity contribution in [1.82, 2.24) is 19.7 Å². The summed E-state index contributed by atoms with van der Waals surface area (Å²) in [4.78, 5) is 8.15. The van der Waals surface area contributed by atoms with Crippen LogP contribution in [-0.4, -0.2) is 42.0 Å². The van der Waals surface area contributed by atoms with Gasteiger partial charge < -0.3 is 5.11 Å². The molecule has 0 bridgehead atoms. The number of hydrogen-bond donors (Lipinski definition) is 1. The average molecular weight is 254 g/mol. The molecule has 2 atom stereocenters. The number of fused-ring (bicyclic) bond motifs is 1. The van der Waals surface area contributed by atoms with Gasteiger partial charge in [0.25, 0.3) is 0 Å². The maximum atomic E-state index is 9.74. The van der Waals surface area contributed by atoms with Crippen LogP contribution >= 0.6 is 21.6 Å². The molecule has 2 unspecified atom stereocenters. The van der Waals surface area contributed by atoms with Crippen molar-refractivity contribution in [3.8, 4) is 0 Å². The molecule has 1 fully saturated rings. The fraction of sp³-hybridized carbons (Fsp3) is 0.444. The zero-order valence-electron chi connectivity index (χ0n) is 8.35. The molecule has 1 aliphatic heterocycles. The molecule has 84 valence electrons. The van der Waals surface area contributed by atoms with Gasteiger partial charge in [0.15, 0.2) is 5.65 Å². The number of rotatable bonds is 2. The molecule has 2 aromatic rings. The lowest BCUT2D eigenvalue weighted by molar-refractivity contribution is 0.190. The highest BCUT2D eigenvalue weighted by atomic mass is 33.1. The molecule has 0 saturated carbocycles. The predicted octanol–water partition coefficient (Wildman–Crippen LogP) is 0.951. The van der Waals surface area contributed by atoms with E-state index in [9.17, 15) is 5.11 Å². The maximum Gasteiger partial charge on any atom is 0.161 e. The van der Waals surface area contributed by atoms with Crippen LogP contribution in [0.25, 0.3) is 11.0 Å². The third kappa shape index (κ3) is 1.79. The maximum absolute atomic E-state index is 9.74. The van der Waals surface area contributed by atoms with Crippen molar-refractivity contribution in [1.29, 1.82) is 0 Å². The lowest BCUT2D eigenvalue weighted by Crippen LogP contribution is -2.25. The van der Waals surface area contributed by atoms with Crippen LogP contribution in [0.3, 0.4) is 0 Å². The Balaban J connectivity index is 1.89. The van der Waals surface area contributed by atoms with Crippen LogP contribution in [0.5, 0.6) is 0 Å². The second kappa shape index (κ2) is 4.23. The van der Waals surface area contributed by atoms with E-state index in [1.54, 1.807) is 34.0 Å². The highest BCUT2D eigenvalue weighted by Crippen LogP contribution is 2.38. The normalized spacial score (nSPS) is 25.3. The van der Waals surface area contributed by atoms with Crippen LogP contribution in [0.2, 0.25) is 0 Å². The summed E-state index contributed by atoms with van der Waals surface area (Å²) in [5, 5.41) is 15.2. The van der Waals surface area contributed by atoms with Gasteiger partial charge in [0.2, 0.25) is 0 Å². The molecular formula is C9H10N4OS2. The standard InChI is InChI=1S/C9H10N4OS2/c14-7-4-15-16-8(7)3-13-9-6(2-12-13)1-10-5-11-9/h1-2,5,7-8,14H,3-4H2. The summed E-state index contributed by atoms with van der Waals surface area (Å²) in [6.07, 6.45) is 4.77. The van der Waals surface area contributed by atoms with Crippen LogP contribution < -0.4 is 0 Å². The Kier molecular flexibility index (Phi) is 2.74. The van der Waals surface area contributed by atoms with Crippen molar-refractivity contribution in [2.45, 2.75) is 17.9 Å². The van der Waals surface area contributed by atoms with Gasteiger partial charge in [-0.05, 0) is 0 Å². The zero-order valence-corrected chi connectivity index (χ0v) is 9.99. The largest absolute Gasteiger partial charge is 0.391 e. The van der Waals surface area contributed by atoms with Crippen molar-refractivity contribution in [2.24, 2.45) is 0 Å². The molecule has 1 N–H and O–H groups in total. The van der Waals surface area contributed by atoms with Gasteiger partial charge in [-0.15, -0.1) is 0 Å². The van der Waals surface area contributed by atoms with E-state index in [1.807, 2.05) is 4.68 Å². The first-order valence-corrected chi connectivity index (χ1v) is 7.30. The van der Waals surface area contributed by atoms with Crippen molar-refractivity contribution < 1.29 is 5.11 Å². The molecule has 2 aromatic heterocycles. The summed E-state index contributed by atoms with van der Waals surface area (Å²) in [6.45, 7) is 0.694. The van der Waals surface area contributed by atoms with Crippen molar-refractivity contribution in [2.75, 3.05) is 5.75 Å². The monoisotopic (exact) mass is 254 g/mol. The van der Waals surface area contributed by atoms with Gasteiger partial charge >= 0.3 is 0 Å². The summed E-state index contributed by atoms with van der Waals surface area (Å²) < 4.78 is 1.84. The smallest absolute Gasteiger partial charge is 0.161 e. The number of nitrogens with zero attached hydrogens (tertiary/aromatic N) is 4. The first-order chi connectivity index (χ1) is 7.84. The summed E-state index contributed by atoms with van der Waals surface area (Å²) in [5.74, 6) is 0.795. The first-order valence-electron chi connectivity index (χ1n) is 4.92. The lowest BCUT2D eigenvalue weighted by atomic mass is 10.3. The van der Waals surface area contributed by atoms with E-state index >= 15 is 0 Å². The van der Waals surface area contributed by atoms with E-state index in [0.717, 1.165) is 16.8 Å². The minimum Gasteiger partial charge on any atom is -0.391 e. The van der Waals surface area contributed by atoms with Gasteiger partial charge in [-0.2, -0.15) is 5.10 Å². The molecule has 0 aliphatic carbocycles. The van der Waals surface area contributed by atoms with Gasteiger partial charge in [0.05, 0.1) is 29.5 Å². The molecule has 0 radical (unpaired) electrons. The number of aliphatic hydroxyl groups is 1. The summed E-state index contributed by atoms with van der Waals surface area (Å²) >= 11 is 0. The Morgan fingerprint density at radius 2 is 2.44 bits per heavy atom. The van der Waals surface area contributed by atoms with E-state index in [2.05, 4.69) is 15.1 Å². The molecule has 16 heavy (non-hydrogen) atoms. The van der Waals surface area contributed by atoms with E-state index in [0.29, 0.717) is 6.54 Å². The molecule has 7 heteroatoms. The Bertz CT molecular complexity index is 503. The minimum absolute atomic E-state index is 0.197. The molecule has 1 aliphatic rings. The van der Waals surface area contributed by atoms with Crippen LogP contribution in [0.1, 0.15) is 0 Å². The molecule has 3 heterocycles. The van der Waals surface area contributed by atoms with Crippen LogP contribution in [0, 0.1) is 0 Å². The lowest BCUT2D eigenvalue weighted by Gasteiger charge is -2.12. The average Bonchev–Trinajstić information content (AvgIpc) is 2.88. The molecule has 5 nitrogen and oxygen atoms in total. The van der Waals surface area contributed by atoms with Crippen molar-refractivity contribution in [3.63, 3.8) is 0 Å². The second-order valence-corrected chi connectivity index (χ2v) is 6.27. The van der Waals surface area contributed by atoms with Gasteiger partial charge in [-0.3, -0.25) is 0 Å². The highest BCUT2D eigenvalue weighted by Gasteiger charge is 2.27. The molecule has 3 rings (SSSR count). The Morgan fingerprint density at radius 3 is 3.25 bits per heavy atom. The summed E-state index contributed by atoms with van der Waals surface area (Å²) in [5.41, 5.74) is 0.833. The number of aromatic nitrogens is 4. The topological polar surface area (TPSA) is 63.8 Å². The second-order valence-electron chi connectivity index (χ2n) is 3.61. The molecular weight excluding hydrogens is 244 g/mol. The molecule has 0 spiro atoms.